The molecule has 0 aromatic carbocycles. The lowest BCUT2D eigenvalue weighted by atomic mass is 10.0. The van der Waals surface area contributed by atoms with Crippen LogP contribution in [0.3, 0.4) is 0 Å². The van der Waals surface area contributed by atoms with Crippen LogP contribution in [0.15, 0.2) is 12.3 Å². The van der Waals surface area contributed by atoms with E-state index in [1.807, 2.05) is 6.08 Å². The molecular formula is C24H46O5. The fourth-order valence-corrected chi connectivity index (χ4v) is 3.82. The molecule has 0 aromatic rings. The standard InChI is InChI=1S/C24H46O5/c1-2-3-4-5-6-7-8-9-10-11-12-13-14-15-16-17-18-28-22-20-29-21(19-25)23(26)24(22)27/h17-18,21-27H,2-16,19-20H2,1H3/b18-17+/t21-,22+,23-,24-/m1/s1. The van der Waals surface area contributed by atoms with E-state index in [1.165, 1.54) is 83.5 Å². The first-order valence-corrected chi connectivity index (χ1v) is 12.1. The number of hydrogen-bond acceptors (Lipinski definition) is 5. The maximum Gasteiger partial charge on any atom is 0.149 e. The van der Waals surface area contributed by atoms with E-state index in [0.29, 0.717) is 0 Å². The smallest absolute Gasteiger partial charge is 0.149 e. The highest BCUT2D eigenvalue weighted by atomic mass is 16.6. The van der Waals surface area contributed by atoms with Crippen molar-refractivity contribution in [2.24, 2.45) is 0 Å². The van der Waals surface area contributed by atoms with Crippen molar-refractivity contribution >= 4 is 0 Å². The Labute approximate surface area is 178 Å². The zero-order chi connectivity index (χ0) is 21.2. The van der Waals surface area contributed by atoms with Gasteiger partial charge in [0.25, 0.3) is 0 Å². The van der Waals surface area contributed by atoms with Crippen molar-refractivity contribution in [1.29, 1.82) is 0 Å². The third-order valence-electron chi connectivity index (χ3n) is 5.84. The van der Waals surface area contributed by atoms with Gasteiger partial charge in [-0.3, -0.25) is 0 Å². The fourth-order valence-electron chi connectivity index (χ4n) is 3.82. The number of aliphatic hydroxyl groups is 3. The molecule has 0 spiro atoms. The van der Waals surface area contributed by atoms with Crippen LogP contribution in [-0.2, 0) is 9.47 Å². The molecule has 4 atom stereocenters. The van der Waals surface area contributed by atoms with E-state index in [2.05, 4.69) is 6.92 Å². The number of aliphatic hydroxyl groups excluding tert-OH is 3. The second-order valence-electron chi connectivity index (χ2n) is 8.47. The van der Waals surface area contributed by atoms with Gasteiger partial charge in [0.05, 0.1) is 19.5 Å². The van der Waals surface area contributed by atoms with Crippen molar-refractivity contribution < 1.29 is 24.8 Å². The average Bonchev–Trinajstić information content (AvgIpc) is 2.73. The first kappa shape index (κ1) is 26.4. The molecule has 29 heavy (non-hydrogen) atoms. The molecule has 5 nitrogen and oxygen atoms in total. The Balaban J connectivity index is 1.85. The molecule has 1 saturated heterocycles. The van der Waals surface area contributed by atoms with Gasteiger partial charge in [-0.25, -0.2) is 0 Å². The molecule has 0 bridgehead atoms. The Bertz CT molecular complexity index is 387. The van der Waals surface area contributed by atoms with Crippen LogP contribution < -0.4 is 0 Å². The molecule has 0 amide bonds. The van der Waals surface area contributed by atoms with Crippen LogP contribution in [0, 0.1) is 0 Å². The fraction of sp³-hybridized carbons (Fsp3) is 0.917. The maximum absolute atomic E-state index is 9.97. The Hall–Kier alpha value is -0.620. The van der Waals surface area contributed by atoms with Crippen LogP contribution in [0.2, 0.25) is 0 Å². The Morgan fingerprint density at radius 3 is 1.83 bits per heavy atom. The minimum atomic E-state index is -1.11. The van der Waals surface area contributed by atoms with E-state index in [4.69, 9.17) is 14.6 Å². The normalized spacial score (nSPS) is 25.0. The lowest BCUT2D eigenvalue weighted by Gasteiger charge is -2.36. The SMILES string of the molecule is CCCCCCCCCCCCCCCC/C=C/O[C@H]1CO[C@H](CO)[C@@H](O)[C@@H]1O. The summed E-state index contributed by atoms with van der Waals surface area (Å²) < 4.78 is 10.8. The largest absolute Gasteiger partial charge is 0.493 e. The summed E-state index contributed by atoms with van der Waals surface area (Å²) in [5.41, 5.74) is 0. The molecule has 0 aromatic heterocycles. The van der Waals surface area contributed by atoms with Gasteiger partial charge in [-0.05, 0) is 18.9 Å². The third-order valence-corrected chi connectivity index (χ3v) is 5.84. The quantitative estimate of drug-likeness (QED) is 0.220. The first-order chi connectivity index (χ1) is 14.2. The van der Waals surface area contributed by atoms with E-state index < -0.39 is 24.4 Å². The van der Waals surface area contributed by atoms with Crippen LogP contribution in [0.25, 0.3) is 0 Å². The van der Waals surface area contributed by atoms with Gasteiger partial charge >= 0.3 is 0 Å². The van der Waals surface area contributed by atoms with Gasteiger partial charge < -0.3 is 24.8 Å². The molecular weight excluding hydrogens is 368 g/mol. The second kappa shape index (κ2) is 18.2. The van der Waals surface area contributed by atoms with Crippen molar-refractivity contribution in [2.45, 2.75) is 128 Å². The van der Waals surface area contributed by atoms with Crippen molar-refractivity contribution in [1.82, 2.24) is 0 Å². The monoisotopic (exact) mass is 414 g/mol. The molecule has 1 fully saturated rings. The highest BCUT2D eigenvalue weighted by molar-refractivity contribution is 4.89. The molecule has 3 N–H and O–H groups in total. The lowest BCUT2D eigenvalue weighted by molar-refractivity contribution is -0.196. The average molecular weight is 415 g/mol. The molecule has 0 unspecified atom stereocenters. The molecule has 1 heterocycles. The predicted molar refractivity (Wildman–Crippen MR) is 118 cm³/mol. The van der Waals surface area contributed by atoms with Crippen molar-refractivity contribution in [3.05, 3.63) is 12.3 Å². The summed E-state index contributed by atoms with van der Waals surface area (Å²) in [6, 6.07) is 0. The maximum atomic E-state index is 9.97. The zero-order valence-corrected chi connectivity index (χ0v) is 18.6. The van der Waals surface area contributed by atoms with Gasteiger partial charge in [0.2, 0.25) is 0 Å². The molecule has 1 rings (SSSR count). The van der Waals surface area contributed by atoms with Gasteiger partial charge in [-0.2, -0.15) is 0 Å². The van der Waals surface area contributed by atoms with E-state index in [0.717, 1.165) is 12.8 Å². The molecule has 0 radical (unpaired) electrons. The second-order valence-corrected chi connectivity index (χ2v) is 8.47. The molecule has 1 aliphatic rings. The molecule has 0 saturated carbocycles. The van der Waals surface area contributed by atoms with Crippen molar-refractivity contribution in [3.63, 3.8) is 0 Å². The summed E-state index contributed by atoms with van der Waals surface area (Å²) in [4.78, 5) is 0. The third kappa shape index (κ3) is 12.6. The Morgan fingerprint density at radius 1 is 0.793 bits per heavy atom. The molecule has 5 heteroatoms. The van der Waals surface area contributed by atoms with E-state index in [1.54, 1.807) is 6.26 Å². The minimum Gasteiger partial charge on any atom is -0.493 e. The summed E-state index contributed by atoms with van der Waals surface area (Å²) in [5.74, 6) is 0. The highest BCUT2D eigenvalue weighted by Gasteiger charge is 2.38. The summed E-state index contributed by atoms with van der Waals surface area (Å²) in [7, 11) is 0. The van der Waals surface area contributed by atoms with Crippen LogP contribution in [0.1, 0.15) is 103 Å². The summed E-state index contributed by atoms with van der Waals surface area (Å²) in [6.45, 7) is 2.14. The predicted octanol–water partition coefficient (Wildman–Crippen LogP) is 4.87. The number of rotatable bonds is 18. The Morgan fingerprint density at radius 2 is 1.31 bits per heavy atom. The van der Waals surface area contributed by atoms with E-state index in [-0.39, 0.29) is 13.2 Å². The van der Waals surface area contributed by atoms with Gasteiger partial charge in [0.1, 0.15) is 24.4 Å². The van der Waals surface area contributed by atoms with Gasteiger partial charge in [-0.15, -0.1) is 0 Å². The van der Waals surface area contributed by atoms with Gasteiger partial charge in [-0.1, -0.05) is 90.4 Å². The summed E-state index contributed by atoms with van der Waals surface area (Å²) in [6.07, 6.45) is 20.1. The van der Waals surface area contributed by atoms with Crippen LogP contribution in [0.4, 0.5) is 0 Å². The number of unbranched alkanes of at least 4 members (excludes halogenated alkanes) is 14. The summed E-state index contributed by atoms with van der Waals surface area (Å²) >= 11 is 0. The van der Waals surface area contributed by atoms with Gasteiger partial charge in [0, 0.05) is 0 Å². The first-order valence-electron chi connectivity index (χ1n) is 12.1. The van der Waals surface area contributed by atoms with Crippen molar-refractivity contribution in [2.75, 3.05) is 13.2 Å². The minimum absolute atomic E-state index is 0.173. The van der Waals surface area contributed by atoms with E-state index in [9.17, 15) is 10.2 Å². The molecule has 172 valence electrons. The van der Waals surface area contributed by atoms with Crippen LogP contribution in [0.5, 0.6) is 0 Å². The Kier molecular flexibility index (Phi) is 16.6. The van der Waals surface area contributed by atoms with E-state index >= 15 is 0 Å². The topological polar surface area (TPSA) is 79.2 Å². The number of hydrogen-bond donors (Lipinski definition) is 3. The molecule has 1 aliphatic heterocycles. The lowest BCUT2D eigenvalue weighted by Crippen LogP contribution is -2.54. The number of allylic oxidation sites excluding steroid dienone is 1. The highest BCUT2D eigenvalue weighted by Crippen LogP contribution is 2.18. The molecule has 0 aliphatic carbocycles. The van der Waals surface area contributed by atoms with Crippen LogP contribution in [-0.4, -0.2) is 52.9 Å². The zero-order valence-electron chi connectivity index (χ0n) is 18.6. The van der Waals surface area contributed by atoms with Crippen molar-refractivity contribution in [3.8, 4) is 0 Å². The van der Waals surface area contributed by atoms with Crippen LogP contribution >= 0.6 is 0 Å². The summed E-state index contributed by atoms with van der Waals surface area (Å²) in [5, 5.41) is 28.8. The number of ether oxygens (including phenoxy) is 2. The van der Waals surface area contributed by atoms with Gasteiger partial charge in [0.15, 0.2) is 0 Å².